The Morgan fingerprint density at radius 3 is 2.57 bits per heavy atom. The highest BCUT2D eigenvalue weighted by molar-refractivity contribution is 6.31. The zero-order valence-corrected chi connectivity index (χ0v) is 16.9. The van der Waals surface area contributed by atoms with Gasteiger partial charge in [0, 0.05) is 22.5 Å². The minimum Gasteiger partial charge on any atom is -0.497 e. The van der Waals surface area contributed by atoms with Crippen LogP contribution in [0.25, 0.3) is 0 Å². The van der Waals surface area contributed by atoms with Crippen LogP contribution in [0.3, 0.4) is 0 Å². The molecule has 0 saturated heterocycles. The molecule has 0 aliphatic heterocycles. The number of hydrogen-bond donors (Lipinski definition) is 2. The summed E-state index contributed by atoms with van der Waals surface area (Å²) in [6.45, 7) is 3.47. The van der Waals surface area contributed by atoms with Gasteiger partial charge in [0.05, 0.1) is 26.2 Å². The van der Waals surface area contributed by atoms with Crippen molar-refractivity contribution in [1.29, 1.82) is 0 Å². The Labute approximate surface area is 168 Å². The first-order valence-corrected chi connectivity index (χ1v) is 8.84. The van der Waals surface area contributed by atoms with Gasteiger partial charge in [-0.1, -0.05) is 17.7 Å². The lowest BCUT2D eigenvalue weighted by atomic mass is 10.2. The molecule has 0 radical (unpaired) electrons. The Bertz CT molecular complexity index is 912. The second-order valence-corrected chi connectivity index (χ2v) is 6.40. The van der Waals surface area contributed by atoms with Crippen molar-refractivity contribution < 1.29 is 19.1 Å². The van der Waals surface area contributed by atoms with E-state index >= 15 is 0 Å². The average Bonchev–Trinajstić information content (AvgIpc) is 2.69. The molecule has 2 amide bonds. The Morgan fingerprint density at radius 2 is 1.89 bits per heavy atom. The molecule has 0 bridgehead atoms. The Hall–Kier alpha value is -3.06. The SMILES string of the molecule is COc1ccc(C(=O)NN=C(C)CC(=O)Nc2cccc(Cl)c2C)c(OC)c1. The van der Waals surface area contributed by atoms with Gasteiger partial charge in [-0.05, 0) is 43.7 Å². The zero-order valence-electron chi connectivity index (χ0n) is 16.1. The predicted octanol–water partition coefficient (Wildman–Crippen LogP) is 3.80. The van der Waals surface area contributed by atoms with E-state index in [0.717, 1.165) is 5.56 Å². The number of hydrazone groups is 1. The molecule has 0 spiro atoms. The summed E-state index contributed by atoms with van der Waals surface area (Å²) in [5.74, 6) is 0.216. The molecular formula is C20H22ClN3O4. The molecule has 2 aromatic carbocycles. The maximum atomic E-state index is 12.3. The average molecular weight is 404 g/mol. The number of carbonyl (C=O) groups excluding carboxylic acids is 2. The molecule has 8 heteroatoms. The number of carbonyl (C=O) groups is 2. The summed E-state index contributed by atoms with van der Waals surface area (Å²) in [5.41, 5.74) is 4.60. The van der Waals surface area contributed by atoms with Crippen molar-refractivity contribution in [1.82, 2.24) is 5.43 Å². The van der Waals surface area contributed by atoms with Crippen molar-refractivity contribution in [2.24, 2.45) is 5.10 Å². The largest absolute Gasteiger partial charge is 0.497 e. The zero-order chi connectivity index (χ0) is 20.7. The van der Waals surface area contributed by atoms with Crippen molar-refractivity contribution in [3.8, 4) is 11.5 Å². The molecule has 2 aromatic rings. The first-order chi connectivity index (χ1) is 13.3. The van der Waals surface area contributed by atoms with Gasteiger partial charge in [-0.25, -0.2) is 5.43 Å². The minimum atomic E-state index is -0.454. The van der Waals surface area contributed by atoms with E-state index < -0.39 is 5.91 Å². The van der Waals surface area contributed by atoms with Crippen LogP contribution in [0, 0.1) is 6.92 Å². The van der Waals surface area contributed by atoms with E-state index in [9.17, 15) is 9.59 Å². The number of rotatable bonds is 7. The Morgan fingerprint density at radius 1 is 1.14 bits per heavy atom. The molecule has 0 aromatic heterocycles. The highest BCUT2D eigenvalue weighted by Gasteiger charge is 2.13. The van der Waals surface area contributed by atoms with E-state index in [1.54, 1.807) is 43.3 Å². The molecule has 0 aliphatic carbocycles. The Kier molecular flexibility index (Phi) is 7.40. The number of halogens is 1. The molecule has 7 nitrogen and oxygen atoms in total. The van der Waals surface area contributed by atoms with E-state index in [4.69, 9.17) is 21.1 Å². The van der Waals surface area contributed by atoms with E-state index in [1.165, 1.54) is 14.2 Å². The Balaban J connectivity index is 1.99. The van der Waals surface area contributed by atoms with Gasteiger partial charge in [-0.15, -0.1) is 0 Å². The van der Waals surface area contributed by atoms with Gasteiger partial charge in [0.15, 0.2) is 0 Å². The van der Waals surface area contributed by atoms with Crippen LogP contribution >= 0.6 is 11.6 Å². The number of anilines is 1. The summed E-state index contributed by atoms with van der Waals surface area (Å²) in [5, 5.41) is 7.34. The van der Waals surface area contributed by atoms with Gasteiger partial charge in [-0.3, -0.25) is 9.59 Å². The van der Waals surface area contributed by atoms with Gasteiger partial charge in [0.2, 0.25) is 5.91 Å². The van der Waals surface area contributed by atoms with E-state index in [1.807, 2.05) is 6.92 Å². The van der Waals surface area contributed by atoms with E-state index in [0.29, 0.717) is 33.5 Å². The van der Waals surface area contributed by atoms with Gasteiger partial charge in [0.1, 0.15) is 11.5 Å². The molecule has 0 aliphatic rings. The minimum absolute atomic E-state index is 0.0198. The van der Waals surface area contributed by atoms with Gasteiger partial charge < -0.3 is 14.8 Å². The topological polar surface area (TPSA) is 89.0 Å². The van der Waals surface area contributed by atoms with Crippen molar-refractivity contribution in [3.63, 3.8) is 0 Å². The number of methoxy groups -OCH3 is 2. The highest BCUT2D eigenvalue weighted by atomic mass is 35.5. The lowest BCUT2D eigenvalue weighted by molar-refractivity contribution is -0.115. The molecule has 28 heavy (non-hydrogen) atoms. The maximum Gasteiger partial charge on any atom is 0.275 e. The van der Waals surface area contributed by atoms with Crippen LogP contribution in [0.2, 0.25) is 5.02 Å². The van der Waals surface area contributed by atoms with Crippen molar-refractivity contribution in [3.05, 3.63) is 52.5 Å². The second kappa shape index (κ2) is 9.75. The molecule has 0 heterocycles. The van der Waals surface area contributed by atoms with Crippen LogP contribution in [-0.4, -0.2) is 31.7 Å². The smallest absolute Gasteiger partial charge is 0.275 e. The third-order valence-electron chi connectivity index (χ3n) is 3.96. The maximum absolute atomic E-state index is 12.3. The third kappa shape index (κ3) is 5.47. The van der Waals surface area contributed by atoms with E-state index in [-0.39, 0.29) is 12.3 Å². The summed E-state index contributed by atoms with van der Waals surface area (Å²) in [6, 6.07) is 10.1. The molecule has 2 rings (SSSR count). The van der Waals surface area contributed by atoms with Crippen LogP contribution < -0.4 is 20.2 Å². The van der Waals surface area contributed by atoms with Crippen LogP contribution in [0.15, 0.2) is 41.5 Å². The van der Waals surface area contributed by atoms with Crippen molar-refractivity contribution in [2.75, 3.05) is 19.5 Å². The standard InChI is InChI=1S/C20H22ClN3O4/c1-12(10-19(25)22-17-7-5-6-16(21)13(17)2)23-24-20(26)15-9-8-14(27-3)11-18(15)28-4/h5-9,11H,10H2,1-4H3,(H,22,25)(H,24,26). The lowest BCUT2D eigenvalue weighted by Crippen LogP contribution is -2.22. The first kappa shape index (κ1) is 21.2. The summed E-state index contributed by atoms with van der Waals surface area (Å²) in [7, 11) is 2.99. The van der Waals surface area contributed by atoms with Gasteiger partial charge in [0.25, 0.3) is 5.91 Å². The molecule has 0 atom stereocenters. The van der Waals surface area contributed by atoms with Crippen LogP contribution in [0.5, 0.6) is 11.5 Å². The molecule has 0 saturated carbocycles. The van der Waals surface area contributed by atoms with Crippen molar-refractivity contribution >= 4 is 34.8 Å². The van der Waals surface area contributed by atoms with E-state index in [2.05, 4.69) is 15.8 Å². The normalized spacial score (nSPS) is 11.0. The molecule has 0 unspecified atom stereocenters. The first-order valence-electron chi connectivity index (χ1n) is 8.46. The van der Waals surface area contributed by atoms with Crippen LogP contribution in [0.4, 0.5) is 5.69 Å². The van der Waals surface area contributed by atoms with Crippen LogP contribution in [-0.2, 0) is 4.79 Å². The summed E-state index contributed by atoms with van der Waals surface area (Å²) < 4.78 is 10.3. The number of nitrogens with one attached hydrogen (secondary N) is 2. The van der Waals surface area contributed by atoms with Crippen molar-refractivity contribution in [2.45, 2.75) is 20.3 Å². The lowest BCUT2D eigenvalue weighted by Gasteiger charge is -2.10. The summed E-state index contributed by atoms with van der Waals surface area (Å²) >= 11 is 6.05. The number of hydrogen-bond acceptors (Lipinski definition) is 5. The molecule has 0 fully saturated rings. The fraction of sp³-hybridized carbons (Fsp3) is 0.250. The summed E-state index contributed by atoms with van der Waals surface area (Å²) in [6.07, 6.45) is 0.0198. The monoisotopic (exact) mass is 403 g/mol. The summed E-state index contributed by atoms with van der Waals surface area (Å²) in [4.78, 5) is 24.5. The predicted molar refractivity (Wildman–Crippen MR) is 110 cm³/mol. The number of amides is 2. The second-order valence-electron chi connectivity index (χ2n) is 5.99. The fourth-order valence-corrected chi connectivity index (χ4v) is 2.58. The molecule has 2 N–H and O–H groups in total. The van der Waals surface area contributed by atoms with Gasteiger partial charge in [-0.2, -0.15) is 5.10 Å². The third-order valence-corrected chi connectivity index (χ3v) is 4.37. The fourth-order valence-electron chi connectivity index (χ4n) is 2.40. The number of benzene rings is 2. The number of nitrogens with zero attached hydrogens (tertiary/aromatic N) is 1. The highest BCUT2D eigenvalue weighted by Crippen LogP contribution is 2.24. The number of ether oxygens (including phenoxy) is 2. The van der Waals surface area contributed by atoms with Gasteiger partial charge >= 0.3 is 0 Å². The van der Waals surface area contributed by atoms with Crippen LogP contribution in [0.1, 0.15) is 29.3 Å². The quantitative estimate of drug-likeness (QED) is 0.543. The molecular weight excluding hydrogens is 382 g/mol. The molecule has 148 valence electrons.